The molecule has 0 radical (unpaired) electrons. The summed E-state index contributed by atoms with van der Waals surface area (Å²) >= 11 is 2.02. The lowest BCUT2D eigenvalue weighted by molar-refractivity contribution is 0.332. The molecule has 5 heteroatoms. The number of hydrogen-bond acceptors (Lipinski definition) is 4. The molecule has 0 fully saturated rings. The quantitative estimate of drug-likeness (QED) is 0.159. The van der Waals surface area contributed by atoms with E-state index in [1.807, 2.05) is 11.3 Å². The van der Waals surface area contributed by atoms with Gasteiger partial charge in [-0.25, -0.2) is 0 Å². The standard InChI is InChI=1S/C73H76BN3S/c1-68(2,3)45-23-29-48(30-24-45)75(49-31-25-46(26-32-49)69(4,5)6)52-36-38-60-63(42-52)76(50-33-27-47(28-34-50)70(7,8)9)61-21-18-22-62-65(61)74(60)67-66(77(62)51-35-37-57-59(41-51)72(12,13)40-39-71(57,10)11)55-43-54-53-19-16-17-20-56(53)73(14,15)58(54)44-64(55)78-67/h16-38,41-44H,39-40H2,1-15H3. The summed E-state index contributed by atoms with van der Waals surface area (Å²) in [6.45, 7) is 35.4. The van der Waals surface area contributed by atoms with Crippen LogP contribution in [0.15, 0.2) is 164 Å². The van der Waals surface area contributed by atoms with Crippen molar-refractivity contribution in [1.82, 2.24) is 0 Å². The summed E-state index contributed by atoms with van der Waals surface area (Å²) in [7, 11) is 0. The third kappa shape index (κ3) is 7.79. The predicted octanol–water partition coefficient (Wildman–Crippen LogP) is 19.0. The van der Waals surface area contributed by atoms with Crippen LogP contribution in [0.25, 0.3) is 21.2 Å². The Kier molecular flexibility index (Phi) is 11.1. The van der Waals surface area contributed by atoms with E-state index in [-0.39, 0.29) is 39.2 Å². The summed E-state index contributed by atoms with van der Waals surface area (Å²) in [4.78, 5) is 7.75. The molecule has 9 aromatic rings. The molecule has 2 aliphatic heterocycles. The second kappa shape index (κ2) is 17.1. The van der Waals surface area contributed by atoms with Gasteiger partial charge in [-0.3, -0.25) is 0 Å². The molecule has 3 heterocycles. The van der Waals surface area contributed by atoms with Crippen LogP contribution in [0.2, 0.25) is 0 Å². The van der Waals surface area contributed by atoms with Gasteiger partial charge in [0, 0.05) is 65.8 Å². The number of hydrogen-bond donors (Lipinski definition) is 0. The zero-order chi connectivity index (χ0) is 54.8. The second-order valence-corrected chi connectivity index (χ2v) is 29.2. The van der Waals surface area contributed by atoms with E-state index < -0.39 is 0 Å². The molecule has 0 amide bonds. The number of rotatable bonds is 5. The zero-order valence-electron chi connectivity index (χ0n) is 48.8. The average molecular weight is 1040 g/mol. The van der Waals surface area contributed by atoms with Gasteiger partial charge in [-0.2, -0.15) is 0 Å². The van der Waals surface area contributed by atoms with Crippen LogP contribution >= 0.6 is 11.3 Å². The van der Waals surface area contributed by atoms with Crippen molar-refractivity contribution < 1.29 is 0 Å². The van der Waals surface area contributed by atoms with E-state index in [1.54, 1.807) is 0 Å². The number of thiophene rings is 1. The molecule has 8 aromatic carbocycles. The monoisotopic (exact) mass is 1040 g/mol. The zero-order valence-corrected chi connectivity index (χ0v) is 49.6. The van der Waals surface area contributed by atoms with E-state index in [2.05, 4.69) is 282 Å². The van der Waals surface area contributed by atoms with Gasteiger partial charge in [-0.05, 0) is 186 Å². The maximum absolute atomic E-state index is 2.68. The fraction of sp³-hybridized carbons (Fsp3) is 0.315. The van der Waals surface area contributed by atoms with Gasteiger partial charge in [-0.1, -0.05) is 183 Å². The Balaban J connectivity index is 1.09. The first-order chi connectivity index (χ1) is 36.8. The molecule has 0 saturated heterocycles. The van der Waals surface area contributed by atoms with Crippen molar-refractivity contribution in [2.24, 2.45) is 0 Å². The molecule has 392 valence electrons. The lowest BCUT2D eigenvalue weighted by Crippen LogP contribution is -2.60. The van der Waals surface area contributed by atoms with Crippen LogP contribution in [-0.4, -0.2) is 6.71 Å². The third-order valence-electron chi connectivity index (χ3n) is 18.6. The third-order valence-corrected chi connectivity index (χ3v) is 19.8. The molecule has 13 rings (SSSR count). The lowest BCUT2D eigenvalue weighted by atomic mass is 9.36. The molecule has 0 atom stereocenters. The Hall–Kier alpha value is -6.82. The first-order valence-electron chi connectivity index (χ1n) is 28.7. The minimum atomic E-state index is -0.111. The van der Waals surface area contributed by atoms with Gasteiger partial charge in [0.15, 0.2) is 0 Å². The Morgan fingerprint density at radius 3 is 1.59 bits per heavy atom. The summed E-state index contributed by atoms with van der Waals surface area (Å²) < 4.78 is 2.75. The SMILES string of the molecule is CC(C)(C)c1ccc(N(c2ccc(C(C)(C)C)cc2)c2ccc3c(c2)N(c2ccc(C(C)(C)C)cc2)c2cccc4c2B3c2sc3cc5c(cc3c2N4c2ccc3c(c2)C(C)(C)CCC3(C)C)-c2ccccc2C5(C)C)cc1. The Bertz CT molecular complexity index is 3830. The molecule has 3 nitrogen and oxygen atoms in total. The first-order valence-corrected chi connectivity index (χ1v) is 29.5. The molecule has 1 aromatic heterocycles. The maximum atomic E-state index is 2.68. The minimum Gasteiger partial charge on any atom is -0.311 e. The number of anilines is 9. The molecule has 2 aliphatic carbocycles. The Labute approximate surface area is 470 Å². The van der Waals surface area contributed by atoms with Crippen molar-refractivity contribution in [2.45, 2.75) is 149 Å². The topological polar surface area (TPSA) is 9.72 Å². The number of benzene rings is 8. The van der Waals surface area contributed by atoms with Gasteiger partial charge in [0.05, 0.1) is 5.69 Å². The lowest BCUT2D eigenvalue weighted by Gasteiger charge is -2.45. The predicted molar refractivity (Wildman–Crippen MR) is 339 cm³/mol. The molecule has 0 spiro atoms. The van der Waals surface area contributed by atoms with E-state index in [0.29, 0.717) is 0 Å². The molecule has 0 unspecified atom stereocenters. The van der Waals surface area contributed by atoms with Crippen LogP contribution in [0.3, 0.4) is 0 Å². The molecule has 0 bridgehead atoms. The molecular formula is C73H76BN3S. The summed E-state index contributed by atoms with van der Waals surface area (Å²) in [6.07, 6.45) is 2.35. The normalized spacial score (nSPS) is 16.5. The highest BCUT2D eigenvalue weighted by molar-refractivity contribution is 7.33. The van der Waals surface area contributed by atoms with Crippen LogP contribution < -0.4 is 30.4 Å². The number of fused-ring (bicyclic) bond motifs is 10. The van der Waals surface area contributed by atoms with Crippen molar-refractivity contribution in [3.63, 3.8) is 0 Å². The highest BCUT2D eigenvalue weighted by atomic mass is 32.1. The van der Waals surface area contributed by atoms with E-state index in [4.69, 9.17) is 0 Å². The van der Waals surface area contributed by atoms with Crippen LogP contribution in [0.5, 0.6) is 0 Å². The van der Waals surface area contributed by atoms with E-state index >= 15 is 0 Å². The first kappa shape index (κ1) is 50.7. The van der Waals surface area contributed by atoms with E-state index in [9.17, 15) is 0 Å². The molecular weight excluding hydrogens is 962 g/mol. The summed E-state index contributed by atoms with van der Waals surface area (Å²) in [5.74, 6) is 0. The molecule has 0 saturated carbocycles. The summed E-state index contributed by atoms with van der Waals surface area (Å²) in [5, 5.41) is 1.33. The molecule has 0 N–H and O–H groups in total. The second-order valence-electron chi connectivity index (χ2n) is 28.2. The largest absolute Gasteiger partial charge is 0.311 e. The van der Waals surface area contributed by atoms with Crippen LogP contribution in [-0.2, 0) is 32.5 Å². The fourth-order valence-electron chi connectivity index (χ4n) is 13.8. The summed E-state index contributed by atoms with van der Waals surface area (Å²) in [5.41, 5.74) is 26.1. The smallest absolute Gasteiger partial charge is 0.264 e. The van der Waals surface area contributed by atoms with Gasteiger partial charge in [-0.15, -0.1) is 11.3 Å². The van der Waals surface area contributed by atoms with Crippen molar-refractivity contribution in [2.75, 3.05) is 14.7 Å². The Morgan fingerprint density at radius 2 is 0.987 bits per heavy atom. The fourth-order valence-corrected chi connectivity index (χ4v) is 15.1. The van der Waals surface area contributed by atoms with Crippen molar-refractivity contribution in [3.05, 3.63) is 203 Å². The van der Waals surface area contributed by atoms with Gasteiger partial charge < -0.3 is 14.7 Å². The minimum absolute atomic E-state index is 0.0114. The van der Waals surface area contributed by atoms with Crippen LogP contribution in [0.4, 0.5) is 51.2 Å². The summed E-state index contributed by atoms with van der Waals surface area (Å²) in [6, 6.07) is 64.3. The number of nitrogens with zero attached hydrogens (tertiary/aromatic N) is 3. The van der Waals surface area contributed by atoms with Crippen molar-refractivity contribution in [1.29, 1.82) is 0 Å². The average Bonchev–Trinajstić information content (AvgIpc) is 3.62. The van der Waals surface area contributed by atoms with Gasteiger partial charge >= 0.3 is 0 Å². The highest BCUT2D eigenvalue weighted by Gasteiger charge is 2.47. The maximum Gasteiger partial charge on any atom is 0.264 e. The van der Waals surface area contributed by atoms with E-state index in [1.165, 1.54) is 111 Å². The van der Waals surface area contributed by atoms with Crippen molar-refractivity contribution in [3.8, 4) is 11.1 Å². The highest BCUT2D eigenvalue weighted by Crippen LogP contribution is 2.55. The molecule has 4 aliphatic rings. The van der Waals surface area contributed by atoms with Gasteiger partial charge in [0.1, 0.15) is 0 Å². The van der Waals surface area contributed by atoms with Gasteiger partial charge in [0.25, 0.3) is 6.71 Å². The van der Waals surface area contributed by atoms with Crippen LogP contribution in [0, 0.1) is 0 Å². The van der Waals surface area contributed by atoms with Crippen LogP contribution in [0.1, 0.15) is 156 Å². The molecule has 78 heavy (non-hydrogen) atoms. The van der Waals surface area contributed by atoms with Gasteiger partial charge in [0.2, 0.25) is 0 Å². The Morgan fingerprint density at radius 1 is 0.449 bits per heavy atom. The van der Waals surface area contributed by atoms with Crippen molar-refractivity contribution >= 4 is 95.0 Å². The van der Waals surface area contributed by atoms with E-state index in [0.717, 1.165) is 29.2 Å².